The summed E-state index contributed by atoms with van der Waals surface area (Å²) >= 11 is 6.06. The molecule has 0 saturated heterocycles. The predicted octanol–water partition coefficient (Wildman–Crippen LogP) is 3.87. The SMILES string of the molecule is CCS(=O)(=O)Cc1cc(-c2cn(C)c(=O)cc2OC(=O)NC)c(C(=O)c2ccc(F)cc2Cl)cc1F. The van der Waals surface area contributed by atoms with Crippen LogP contribution >= 0.6 is 11.6 Å². The quantitative estimate of drug-likeness (QED) is 0.457. The number of pyridine rings is 1. The Morgan fingerprint density at radius 1 is 1.08 bits per heavy atom. The Labute approximate surface area is 210 Å². The molecule has 8 nitrogen and oxygen atoms in total. The number of hydrogen-bond acceptors (Lipinski definition) is 6. The number of ether oxygens (including phenoxy) is 1. The van der Waals surface area contributed by atoms with Crippen LogP contribution in [0.5, 0.6) is 5.75 Å². The van der Waals surface area contributed by atoms with Gasteiger partial charge in [-0.1, -0.05) is 18.5 Å². The number of hydrogen-bond donors (Lipinski definition) is 1. The summed E-state index contributed by atoms with van der Waals surface area (Å²) in [5.41, 5.74) is -1.23. The zero-order valence-electron chi connectivity index (χ0n) is 19.4. The van der Waals surface area contributed by atoms with Crippen molar-refractivity contribution < 1.29 is 31.5 Å². The fourth-order valence-electron chi connectivity index (χ4n) is 3.35. The van der Waals surface area contributed by atoms with Gasteiger partial charge in [-0.05, 0) is 35.9 Å². The minimum Gasteiger partial charge on any atom is -0.409 e. The molecule has 2 aromatic carbocycles. The molecule has 36 heavy (non-hydrogen) atoms. The van der Waals surface area contributed by atoms with E-state index in [0.717, 1.165) is 41.0 Å². The van der Waals surface area contributed by atoms with Gasteiger partial charge in [-0.15, -0.1) is 0 Å². The van der Waals surface area contributed by atoms with Gasteiger partial charge in [0.25, 0.3) is 5.56 Å². The standard InChI is InChI=1S/C24H21ClF2N2O6S/c1-4-36(33,34)12-13-7-16(18-11-29(3)22(30)10-21(18)35-24(32)28-2)17(9-20(13)27)23(31)15-6-5-14(26)8-19(15)25/h5-11H,4,12H2,1-3H3,(H,28,32). The maximum absolute atomic E-state index is 15.1. The van der Waals surface area contributed by atoms with Crippen LogP contribution in [0, 0.1) is 11.6 Å². The molecule has 12 heteroatoms. The highest BCUT2D eigenvalue weighted by Gasteiger charge is 2.25. The Balaban J connectivity index is 2.36. The Morgan fingerprint density at radius 2 is 1.78 bits per heavy atom. The number of aryl methyl sites for hydroxylation is 1. The first kappa shape index (κ1) is 27.0. The average molecular weight is 539 g/mol. The molecule has 0 bridgehead atoms. The minimum atomic E-state index is -3.68. The third-order valence-electron chi connectivity index (χ3n) is 5.31. The van der Waals surface area contributed by atoms with Crippen molar-refractivity contribution in [2.45, 2.75) is 12.7 Å². The van der Waals surface area contributed by atoms with E-state index < -0.39 is 44.7 Å². The predicted molar refractivity (Wildman–Crippen MR) is 130 cm³/mol. The van der Waals surface area contributed by atoms with E-state index in [9.17, 15) is 27.2 Å². The highest BCUT2D eigenvalue weighted by atomic mass is 35.5. The number of nitrogens with zero attached hydrogens (tertiary/aromatic N) is 1. The molecule has 0 saturated carbocycles. The molecular weight excluding hydrogens is 518 g/mol. The molecule has 1 amide bonds. The number of carbonyl (C=O) groups excluding carboxylic acids is 2. The molecule has 0 aliphatic carbocycles. The maximum Gasteiger partial charge on any atom is 0.412 e. The van der Waals surface area contributed by atoms with E-state index in [1.165, 1.54) is 27.2 Å². The number of nitrogens with one attached hydrogen (secondary N) is 1. The summed E-state index contributed by atoms with van der Waals surface area (Å²) in [4.78, 5) is 37.6. The van der Waals surface area contributed by atoms with Gasteiger partial charge < -0.3 is 14.6 Å². The normalized spacial score (nSPS) is 11.3. The van der Waals surface area contributed by atoms with Crippen LogP contribution in [0.4, 0.5) is 13.6 Å². The number of ketones is 1. The molecule has 0 atom stereocenters. The van der Waals surface area contributed by atoms with E-state index in [2.05, 4.69) is 5.32 Å². The zero-order chi connectivity index (χ0) is 26.8. The third kappa shape index (κ3) is 5.80. The van der Waals surface area contributed by atoms with Gasteiger partial charge in [0.05, 0.1) is 10.8 Å². The van der Waals surface area contributed by atoms with E-state index in [4.69, 9.17) is 16.3 Å². The molecule has 0 fully saturated rings. The molecule has 3 rings (SSSR count). The van der Waals surface area contributed by atoms with Gasteiger partial charge in [0.2, 0.25) is 0 Å². The summed E-state index contributed by atoms with van der Waals surface area (Å²) in [5, 5.41) is 2.00. The highest BCUT2D eigenvalue weighted by Crippen LogP contribution is 2.36. The Bertz CT molecular complexity index is 1540. The molecule has 0 unspecified atom stereocenters. The molecule has 1 aromatic heterocycles. The fourth-order valence-corrected chi connectivity index (χ4v) is 4.50. The number of sulfone groups is 1. The van der Waals surface area contributed by atoms with E-state index in [0.29, 0.717) is 0 Å². The number of benzene rings is 2. The second-order valence-electron chi connectivity index (χ2n) is 7.76. The van der Waals surface area contributed by atoms with Gasteiger partial charge >= 0.3 is 6.09 Å². The van der Waals surface area contributed by atoms with E-state index in [-0.39, 0.29) is 44.3 Å². The largest absolute Gasteiger partial charge is 0.412 e. The van der Waals surface area contributed by atoms with Crippen molar-refractivity contribution in [2.75, 3.05) is 12.8 Å². The van der Waals surface area contributed by atoms with Crippen LogP contribution < -0.4 is 15.6 Å². The molecule has 0 aliphatic heterocycles. The molecule has 190 valence electrons. The molecule has 1 heterocycles. The minimum absolute atomic E-state index is 0.0254. The third-order valence-corrected chi connectivity index (χ3v) is 7.25. The average Bonchev–Trinajstić information content (AvgIpc) is 2.81. The lowest BCUT2D eigenvalue weighted by Crippen LogP contribution is -2.24. The number of halogens is 3. The topological polar surface area (TPSA) is 112 Å². The first-order chi connectivity index (χ1) is 16.9. The monoisotopic (exact) mass is 538 g/mol. The summed E-state index contributed by atoms with van der Waals surface area (Å²) in [6.07, 6.45) is 0.337. The van der Waals surface area contributed by atoms with Crippen molar-refractivity contribution in [1.29, 1.82) is 0 Å². The van der Waals surface area contributed by atoms with Crippen LogP contribution in [0.3, 0.4) is 0 Å². The molecule has 0 aliphatic rings. The van der Waals surface area contributed by atoms with Crippen LogP contribution in [0.1, 0.15) is 28.4 Å². The maximum atomic E-state index is 15.1. The molecule has 1 N–H and O–H groups in total. The first-order valence-corrected chi connectivity index (χ1v) is 12.7. The van der Waals surface area contributed by atoms with Crippen molar-refractivity contribution in [3.8, 4) is 16.9 Å². The van der Waals surface area contributed by atoms with Crippen LogP contribution in [0.25, 0.3) is 11.1 Å². The molecular formula is C24H21ClF2N2O6S. The number of carbonyl (C=O) groups is 2. The van der Waals surface area contributed by atoms with Crippen molar-refractivity contribution in [3.63, 3.8) is 0 Å². The van der Waals surface area contributed by atoms with Crippen molar-refractivity contribution in [3.05, 3.63) is 86.3 Å². The van der Waals surface area contributed by atoms with Gasteiger partial charge in [0.1, 0.15) is 17.4 Å². The Kier molecular flexibility index (Phi) is 7.95. The number of rotatable bonds is 7. The summed E-state index contributed by atoms with van der Waals surface area (Å²) in [7, 11) is -0.983. The fraction of sp³-hybridized carbons (Fsp3) is 0.208. The molecule has 3 aromatic rings. The van der Waals surface area contributed by atoms with Gasteiger partial charge in [0.15, 0.2) is 15.6 Å². The lowest BCUT2D eigenvalue weighted by molar-refractivity contribution is 0.103. The van der Waals surface area contributed by atoms with E-state index in [1.54, 1.807) is 0 Å². The van der Waals surface area contributed by atoms with Crippen LogP contribution in [-0.2, 0) is 22.6 Å². The zero-order valence-corrected chi connectivity index (χ0v) is 21.0. The molecule has 0 radical (unpaired) electrons. The van der Waals surface area contributed by atoms with Gasteiger partial charge in [-0.3, -0.25) is 9.59 Å². The number of amides is 1. The van der Waals surface area contributed by atoms with E-state index >= 15 is 4.39 Å². The lowest BCUT2D eigenvalue weighted by atomic mass is 9.92. The van der Waals surface area contributed by atoms with Crippen molar-refractivity contribution in [1.82, 2.24) is 9.88 Å². The van der Waals surface area contributed by atoms with Crippen LogP contribution in [-0.4, -0.2) is 37.7 Å². The van der Waals surface area contributed by atoms with Crippen molar-refractivity contribution in [2.24, 2.45) is 7.05 Å². The lowest BCUT2D eigenvalue weighted by Gasteiger charge is -2.17. The Hall–Kier alpha value is -3.57. The second-order valence-corrected chi connectivity index (χ2v) is 10.5. The number of aromatic nitrogens is 1. The summed E-state index contributed by atoms with van der Waals surface area (Å²) in [6.45, 7) is 1.41. The molecule has 0 spiro atoms. The van der Waals surface area contributed by atoms with Gasteiger partial charge in [0, 0.05) is 54.4 Å². The Morgan fingerprint density at radius 3 is 2.39 bits per heavy atom. The summed E-state index contributed by atoms with van der Waals surface area (Å²) in [6, 6.07) is 6.02. The first-order valence-electron chi connectivity index (χ1n) is 10.5. The summed E-state index contributed by atoms with van der Waals surface area (Å²) < 4.78 is 59.4. The van der Waals surface area contributed by atoms with Crippen LogP contribution in [0.15, 0.2) is 47.4 Å². The van der Waals surface area contributed by atoms with Gasteiger partial charge in [-0.25, -0.2) is 22.0 Å². The van der Waals surface area contributed by atoms with E-state index in [1.807, 2.05) is 0 Å². The second kappa shape index (κ2) is 10.6. The van der Waals surface area contributed by atoms with Crippen molar-refractivity contribution >= 4 is 33.3 Å². The smallest absolute Gasteiger partial charge is 0.409 e. The summed E-state index contributed by atoms with van der Waals surface area (Å²) in [5.74, 6) is -3.64. The highest BCUT2D eigenvalue weighted by molar-refractivity contribution is 7.90. The van der Waals surface area contributed by atoms with Crippen LogP contribution in [0.2, 0.25) is 5.02 Å². The van der Waals surface area contributed by atoms with Gasteiger partial charge in [-0.2, -0.15) is 0 Å².